The van der Waals surface area contributed by atoms with Crippen molar-refractivity contribution in [2.75, 3.05) is 6.54 Å². The van der Waals surface area contributed by atoms with Gasteiger partial charge in [-0.05, 0) is 75.0 Å². The number of nitrogens with one attached hydrogen (secondary N) is 1. The number of amides is 1. The van der Waals surface area contributed by atoms with Crippen LogP contribution in [0.5, 0.6) is 0 Å². The zero-order chi connectivity index (χ0) is 15.9. The van der Waals surface area contributed by atoms with Crippen molar-refractivity contribution in [1.29, 1.82) is 0 Å². The van der Waals surface area contributed by atoms with E-state index < -0.39 is 5.60 Å². The average molecular weight is 417 g/mol. The summed E-state index contributed by atoms with van der Waals surface area (Å²) >= 11 is 2.40. The van der Waals surface area contributed by atoms with Crippen molar-refractivity contribution in [2.45, 2.75) is 64.0 Å². The summed E-state index contributed by atoms with van der Waals surface area (Å²) in [6, 6.07) is 0.492. The lowest BCUT2D eigenvalue weighted by Gasteiger charge is -2.35. The van der Waals surface area contributed by atoms with Crippen LogP contribution in [0, 0.1) is 9.49 Å². The van der Waals surface area contributed by atoms with E-state index in [1.807, 2.05) is 20.8 Å². The molecular formula is C16H24IN3O2. The Kier molecular flexibility index (Phi) is 4.40. The topological polar surface area (TPSA) is 56.1 Å². The Morgan fingerprint density at radius 2 is 2.14 bits per heavy atom. The molecule has 2 saturated carbocycles. The molecule has 1 aromatic rings. The number of carbonyl (C=O) groups excluding carboxylic acids is 1. The van der Waals surface area contributed by atoms with Crippen LogP contribution in [-0.4, -0.2) is 28.0 Å². The van der Waals surface area contributed by atoms with Gasteiger partial charge in [0.15, 0.2) is 0 Å². The van der Waals surface area contributed by atoms with Crippen molar-refractivity contribution in [3.05, 3.63) is 15.5 Å². The first kappa shape index (κ1) is 16.1. The highest BCUT2D eigenvalue weighted by molar-refractivity contribution is 14.1. The van der Waals surface area contributed by atoms with Crippen LogP contribution in [-0.2, 0) is 4.74 Å². The average Bonchev–Trinajstić information content (AvgIpc) is 3.09. The zero-order valence-electron chi connectivity index (χ0n) is 13.4. The van der Waals surface area contributed by atoms with E-state index in [0.29, 0.717) is 24.4 Å². The van der Waals surface area contributed by atoms with E-state index in [0.717, 1.165) is 12.8 Å². The first-order chi connectivity index (χ1) is 10.3. The first-order valence-electron chi connectivity index (χ1n) is 8.03. The summed E-state index contributed by atoms with van der Waals surface area (Å²) in [5.74, 6) is 1.24. The number of alkyl carbamates (subject to hydrolysis) is 1. The fourth-order valence-electron chi connectivity index (χ4n) is 2.83. The van der Waals surface area contributed by atoms with Gasteiger partial charge in [0.05, 0.1) is 15.3 Å². The zero-order valence-corrected chi connectivity index (χ0v) is 15.6. The number of nitrogens with zero attached hydrogens (tertiary/aromatic N) is 2. The van der Waals surface area contributed by atoms with Gasteiger partial charge >= 0.3 is 6.09 Å². The van der Waals surface area contributed by atoms with Crippen LogP contribution in [0.3, 0.4) is 0 Å². The molecule has 1 aromatic heterocycles. The second-order valence-electron chi connectivity index (χ2n) is 7.49. The van der Waals surface area contributed by atoms with Crippen molar-refractivity contribution in [3.63, 3.8) is 0 Å². The largest absolute Gasteiger partial charge is 0.444 e. The normalized spacial score (nSPS) is 24.7. The Balaban J connectivity index is 1.42. The molecular weight excluding hydrogens is 393 g/mol. The number of carbonyl (C=O) groups is 1. The van der Waals surface area contributed by atoms with Crippen molar-refractivity contribution >= 4 is 28.7 Å². The Morgan fingerprint density at radius 1 is 1.45 bits per heavy atom. The van der Waals surface area contributed by atoms with Crippen molar-refractivity contribution in [2.24, 2.45) is 5.92 Å². The molecule has 0 atom stereocenters. The Hall–Kier alpha value is -0.790. The summed E-state index contributed by atoms with van der Waals surface area (Å²) in [5, 5.41) is 7.63. The quantitative estimate of drug-likeness (QED) is 0.758. The third kappa shape index (κ3) is 3.94. The van der Waals surface area contributed by atoms with E-state index in [1.165, 1.54) is 22.1 Å². The molecule has 2 fully saturated rings. The molecule has 0 unspecified atom stereocenters. The standard InChI is InChI=1S/C16H24IN3O2/c1-16(2,3)22-15(21)18-8-10-6-12(7-10)20-9-13(17)14(19-20)11-4-5-11/h9-12H,4-8H2,1-3H3,(H,18,21)/t10-,12-. The maximum atomic E-state index is 11.6. The molecule has 1 amide bonds. The monoisotopic (exact) mass is 417 g/mol. The van der Waals surface area contributed by atoms with Crippen LogP contribution in [0.15, 0.2) is 6.20 Å². The number of ether oxygens (including phenoxy) is 1. The first-order valence-corrected chi connectivity index (χ1v) is 9.11. The maximum absolute atomic E-state index is 11.6. The van der Waals surface area contributed by atoms with Crippen LogP contribution in [0.25, 0.3) is 0 Å². The fourth-order valence-corrected chi connectivity index (χ4v) is 3.66. The molecule has 0 aliphatic heterocycles. The number of rotatable bonds is 4. The van der Waals surface area contributed by atoms with E-state index in [1.54, 1.807) is 0 Å². The van der Waals surface area contributed by atoms with Gasteiger partial charge in [0.2, 0.25) is 0 Å². The third-order valence-electron chi connectivity index (χ3n) is 4.20. The molecule has 122 valence electrons. The number of aromatic nitrogens is 2. The highest BCUT2D eigenvalue weighted by Gasteiger charge is 2.34. The fraction of sp³-hybridized carbons (Fsp3) is 0.750. The molecule has 0 bridgehead atoms. The van der Waals surface area contributed by atoms with Gasteiger partial charge in [-0.25, -0.2) is 4.79 Å². The van der Waals surface area contributed by atoms with Gasteiger partial charge in [0.25, 0.3) is 0 Å². The second kappa shape index (κ2) is 6.02. The second-order valence-corrected chi connectivity index (χ2v) is 8.65. The number of halogens is 1. The minimum absolute atomic E-state index is 0.319. The molecule has 3 rings (SSSR count). The van der Waals surface area contributed by atoms with E-state index in [4.69, 9.17) is 9.84 Å². The highest BCUT2D eigenvalue weighted by Crippen LogP contribution is 2.43. The van der Waals surface area contributed by atoms with Gasteiger partial charge in [0, 0.05) is 18.7 Å². The van der Waals surface area contributed by atoms with E-state index in [2.05, 4.69) is 38.8 Å². The Bertz CT molecular complexity index is 554. The van der Waals surface area contributed by atoms with Gasteiger partial charge in [-0.3, -0.25) is 4.68 Å². The lowest BCUT2D eigenvalue weighted by atomic mass is 9.80. The molecule has 0 saturated heterocycles. The smallest absolute Gasteiger partial charge is 0.407 e. The number of hydrogen-bond donors (Lipinski definition) is 1. The van der Waals surface area contributed by atoms with E-state index in [9.17, 15) is 4.79 Å². The molecule has 5 nitrogen and oxygen atoms in total. The molecule has 2 aliphatic rings. The summed E-state index contributed by atoms with van der Waals surface area (Å²) < 4.78 is 8.69. The molecule has 1 heterocycles. The van der Waals surface area contributed by atoms with Gasteiger partial charge in [-0.15, -0.1) is 0 Å². The Labute approximate surface area is 145 Å². The third-order valence-corrected chi connectivity index (χ3v) is 5.03. The van der Waals surface area contributed by atoms with E-state index >= 15 is 0 Å². The van der Waals surface area contributed by atoms with Crippen molar-refractivity contribution in [3.8, 4) is 0 Å². The summed E-state index contributed by atoms with van der Waals surface area (Å²) in [7, 11) is 0. The SMILES string of the molecule is CC(C)(C)OC(=O)NC[C@H]1C[C@H](n2cc(I)c(C3CC3)n2)C1. The number of hydrogen-bond acceptors (Lipinski definition) is 3. The summed E-state index contributed by atoms with van der Waals surface area (Å²) in [6.07, 6.45) is 6.60. The molecule has 0 spiro atoms. The lowest BCUT2D eigenvalue weighted by Crippen LogP contribution is -2.39. The predicted molar refractivity (Wildman–Crippen MR) is 92.9 cm³/mol. The maximum Gasteiger partial charge on any atom is 0.407 e. The molecule has 0 aromatic carbocycles. The summed E-state index contributed by atoms with van der Waals surface area (Å²) in [6.45, 7) is 6.33. The van der Waals surface area contributed by atoms with E-state index in [-0.39, 0.29) is 6.09 Å². The van der Waals surface area contributed by atoms with Gasteiger partial charge < -0.3 is 10.1 Å². The molecule has 22 heavy (non-hydrogen) atoms. The van der Waals surface area contributed by atoms with Crippen LogP contribution < -0.4 is 5.32 Å². The van der Waals surface area contributed by atoms with Gasteiger partial charge in [-0.1, -0.05) is 0 Å². The van der Waals surface area contributed by atoms with Crippen LogP contribution in [0.2, 0.25) is 0 Å². The van der Waals surface area contributed by atoms with Crippen molar-refractivity contribution < 1.29 is 9.53 Å². The van der Waals surface area contributed by atoms with Gasteiger partial charge in [0.1, 0.15) is 5.60 Å². The van der Waals surface area contributed by atoms with Gasteiger partial charge in [-0.2, -0.15) is 5.10 Å². The molecule has 2 aliphatic carbocycles. The summed E-state index contributed by atoms with van der Waals surface area (Å²) in [4.78, 5) is 11.6. The Morgan fingerprint density at radius 3 is 2.73 bits per heavy atom. The van der Waals surface area contributed by atoms with Crippen LogP contribution >= 0.6 is 22.6 Å². The molecule has 0 radical (unpaired) electrons. The minimum Gasteiger partial charge on any atom is -0.444 e. The highest BCUT2D eigenvalue weighted by atomic mass is 127. The molecule has 1 N–H and O–H groups in total. The molecule has 6 heteroatoms. The van der Waals surface area contributed by atoms with Crippen LogP contribution in [0.1, 0.15) is 64.1 Å². The summed E-state index contributed by atoms with van der Waals surface area (Å²) in [5.41, 5.74) is 0.855. The van der Waals surface area contributed by atoms with Crippen molar-refractivity contribution in [1.82, 2.24) is 15.1 Å². The minimum atomic E-state index is -0.433. The van der Waals surface area contributed by atoms with Crippen LogP contribution in [0.4, 0.5) is 4.79 Å². The lowest BCUT2D eigenvalue weighted by molar-refractivity contribution is 0.0498. The predicted octanol–water partition coefficient (Wildman–Crippen LogP) is 3.84.